The number of ether oxygens (including phenoxy) is 1. The number of nitrogens with zero attached hydrogens (tertiary/aromatic N) is 5. The molecule has 1 fully saturated rings. The zero-order valence-corrected chi connectivity index (χ0v) is 20.6. The summed E-state index contributed by atoms with van der Waals surface area (Å²) in [4.78, 5) is 16.8. The van der Waals surface area contributed by atoms with Crippen LogP contribution in [0.2, 0.25) is 0 Å². The molecule has 1 saturated carbocycles. The van der Waals surface area contributed by atoms with E-state index in [1.54, 1.807) is 0 Å². The summed E-state index contributed by atoms with van der Waals surface area (Å²) in [6.07, 6.45) is 17.6. The second-order valence-corrected chi connectivity index (χ2v) is 9.84. The number of benzene rings is 1. The Morgan fingerprint density at radius 2 is 1.78 bits per heavy atom. The van der Waals surface area contributed by atoms with Crippen molar-refractivity contribution in [2.75, 3.05) is 0 Å². The quantitative estimate of drug-likeness (QED) is 0.293. The first-order valence-corrected chi connectivity index (χ1v) is 12.8. The molecule has 5 heterocycles. The minimum atomic E-state index is 0.293. The van der Waals surface area contributed by atoms with Gasteiger partial charge >= 0.3 is 0 Å². The maximum absolute atomic E-state index is 6.27. The van der Waals surface area contributed by atoms with Crippen LogP contribution in [0.4, 0.5) is 0 Å². The molecule has 2 N–H and O–H groups in total. The van der Waals surface area contributed by atoms with Crippen molar-refractivity contribution in [3.05, 3.63) is 73.3 Å². The number of hydrogen-bond donors (Lipinski definition) is 2. The molecule has 184 valence electrons. The highest BCUT2D eigenvalue weighted by atomic mass is 16.5. The third-order valence-electron chi connectivity index (χ3n) is 7.23. The highest BCUT2D eigenvalue weighted by Crippen LogP contribution is 2.34. The second kappa shape index (κ2) is 8.89. The van der Waals surface area contributed by atoms with Gasteiger partial charge in [0.05, 0.1) is 59.1 Å². The van der Waals surface area contributed by atoms with Crippen molar-refractivity contribution in [2.24, 2.45) is 0 Å². The van der Waals surface area contributed by atoms with Gasteiger partial charge in [0.1, 0.15) is 11.4 Å². The van der Waals surface area contributed by atoms with E-state index >= 15 is 0 Å². The van der Waals surface area contributed by atoms with E-state index in [1.165, 1.54) is 19.3 Å². The Morgan fingerprint density at radius 3 is 2.65 bits per heavy atom. The molecule has 8 nitrogen and oxygen atoms in total. The zero-order valence-electron chi connectivity index (χ0n) is 20.6. The summed E-state index contributed by atoms with van der Waals surface area (Å²) < 4.78 is 8.27. The third-order valence-corrected chi connectivity index (χ3v) is 7.23. The van der Waals surface area contributed by atoms with E-state index < -0.39 is 0 Å². The SMILES string of the molecule is Cc1cn(-c2cncc3[nH]c(-c4n[nH]c5ccc(-c6cncc(OC7CCCCC7)c6)cc45)cc23)cn1. The van der Waals surface area contributed by atoms with Crippen LogP contribution in [-0.2, 0) is 0 Å². The molecule has 6 aromatic rings. The van der Waals surface area contributed by atoms with Gasteiger partial charge in [-0.25, -0.2) is 4.98 Å². The average molecular weight is 490 g/mol. The Kier molecular flexibility index (Phi) is 5.23. The lowest BCUT2D eigenvalue weighted by atomic mass is 9.98. The van der Waals surface area contributed by atoms with Crippen molar-refractivity contribution in [1.82, 2.24) is 34.7 Å². The van der Waals surface area contributed by atoms with Gasteiger partial charge in [-0.1, -0.05) is 12.5 Å². The molecule has 1 aliphatic carbocycles. The number of imidazole rings is 1. The fraction of sp³-hybridized carbons (Fsp3) is 0.241. The maximum Gasteiger partial charge on any atom is 0.138 e. The van der Waals surface area contributed by atoms with Crippen LogP contribution in [0.1, 0.15) is 37.8 Å². The van der Waals surface area contributed by atoms with Crippen LogP contribution >= 0.6 is 0 Å². The van der Waals surface area contributed by atoms with Gasteiger partial charge in [-0.15, -0.1) is 0 Å². The maximum atomic E-state index is 6.27. The topological polar surface area (TPSA) is 97.3 Å². The first-order valence-electron chi connectivity index (χ1n) is 12.8. The van der Waals surface area contributed by atoms with E-state index in [0.29, 0.717) is 6.10 Å². The molecule has 0 aliphatic heterocycles. The summed E-state index contributed by atoms with van der Waals surface area (Å²) in [7, 11) is 0. The summed E-state index contributed by atoms with van der Waals surface area (Å²) in [6.45, 7) is 1.98. The Labute approximate surface area is 213 Å². The molecule has 0 amide bonds. The summed E-state index contributed by atoms with van der Waals surface area (Å²) in [5.41, 5.74) is 7.75. The third kappa shape index (κ3) is 4.04. The van der Waals surface area contributed by atoms with Crippen LogP contribution in [0.3, 0.4) is 0 Å². The predicted molar refractivity (Wildman–Crippen MR) is 144 cm³/mol. The lowest BCUT2D eigenvalue weighted by molar-refractivity contribution is 0.154. The van der Waals surface area contributed by atoms with Crippen LogP contribution in [0.5, 0.6) is 5.75 Å². The zero-order chi connectivity index (χ0) is 24.8. The van der Waals surface area contributed by atoms with Crippen molar-refractivity contribution < 1.29 is 4.74 Å². The first kappa shape index (κ1) is 21.8. The minimum Gasteiger partial charge on any atom is -0.489 e. The van der Waals surface area contributed by atoms with Gasteiger partial charge in [0.2, 0.25) is 0 Å². The molecular formula is C29H27N7O. The molecule has 1 aliphatic rings. The monoisotopic (exact) mass is 489 g/mol. The van der Waals surface area contributed by atoms with Gasteiger partial charge in [-0.3, -0.25) is 15.1 Å². The second-order valence-electron chi connectivity index (χ2n) is 9.84. The smallest absolute Gasteiger partial charge is 0.138 e. The van der Waals surface area contributed by atoms with E-state index in [2.05, 4.69) is 60.5 Å². The fourth-order valence-electron chi connectivity index (χ4n) is 5.34. The summed E-state index contributed by atoms with van der Waals surface area (Å²) in [5, 5.41) is 9.94. The number of aromatic amines is 2. The lowest BCUT2D eigenvalue weighted by Crippen LogP contribution is -2.19. The molecule has 1 aromatic carbocycles. The van der Waals surface area contributed by atoms with Gasteiger partial charge in [0, 0.05) is 28.7 Å². The van der Waals surface area contributed by atoms with E-state index in [9.17, 15) is 0 Å². The molecule has 8 heteroatoms. The minimum absolute atomic E-state index is 0.293. The van der Waals surface area contributed by atoms with Gasteiger partial charge in [-0.2, -0.15) is 5.10 Å². The number of rotatable bonds is 5. The Morgan fingerprint density at radius 1 is 0.892 bits per heavy atom. The standard InChI is InChI=1S/C29H27N7O/c1-18-16-36(17-32-18)28-15-31-14-27-23(28)11-26(33-27)29-24-10-19(7-8-25(24)34-35-29)20-9-22(13-30-12-20)37-21-5-3-2-4-6-21/h7-17,21,33H,2-6H2,1H3,(H,34,35). The molecule has 7 rings (SSSR count). The molecular weight excluding hydrogens is 462 g/mol. The van der Waals surface area contributed by atoms with Gasteiger partial charge in [-0.05, 0) is 62.4 Å². The van der Waals surface area contributed by atoms with Crippen LogP contribution in [0, 0.1) is 6.92 Å². The molecule has 0 bridgehead atoms. The Balaban J connectivity index is 1.26. The number of pyridine rings is 2. The molecule has 0 radical (unpaired) electrons. The van der Waals surface area contributed by atoms with Gasteiger partial charge in [0.25, 0.3) is 0 Å². The summed E-state index contributed by atoms with van der Waals surface area (Å²) in [6, 6.07) is 10.6. The van der Waals surface area contributed by atoms with Gasteiger partial charge < -0.3 is 14.3 Å². The number of aromatic nitrogens is 7. The Bertz CT molecular complexity index is 1720. The van der Waals surface area contributed by atoms with Crippen molar-refractivity contribution in [3.63, 3.8) is 0 Å². The van der Waals surface area contributed by atoms with E-state index in [4.69, 9.17) is 4.74 Å². The van der Waals surface area contributed by atoms with Crippen LogP contribution in [0.25, 0.3) is 50.0 Å². The van der Waals surface area contributed by atoms with E-state index in [0.717, 1.165) is 74.3 Å². The first-order chi connectivity index (χ1) is 18.2. The van der Waals surface area contributed by atoms with Crippen molar-refractivity contribution in [3.8, 4) is 34.0 Å². The van der Waals surface area contributed by atoms with Crippen molar-refractivity contribution in [2.45, 2.75) is 45.1 Å². The number of hydrogen-bond acceptors (Lipinski definition) is 5. The van der Waals surface area contributed by atoms with Gasteiger partial charge in [0.15, 0.2) is 0 Å². The van der Waals surface area contributed by atoms with E-state index in [1.807, 2.05) is 48.8 Å². The molecule has 37 heavy (non-hydrogen) atoms. The summed E-state index contributed by atoms with van der Waals surface area (Å²) in [5.74, 6) is 0.835. The highest BCUT2D eigenvalue weighted by Gasteiger charge is 2.17. The van der Waals surface area contributed by atoms with Crippen LogP contribution < -0.4 is 4.74 Å². The molecule has 5 aromatic heterocycles. The van der Waals surface area contributed by atoms with E-state index in [-0.39, 0.29) is 0 Å². The Hall–Kier alpha value is -4.46. The molecule has 0 unspecified atom stereocenters. The van der Waals surface area contributed by atoms with Crippen molar-refractivity contribution in [1.29, 1.82) is 0 Å². The number of H-pyrrole nitrogens is 2. The fourth-order valence-corrected chi connectivity index (χ4v) is 5.34. The van der Waals surface area contributed by atoms with Crippen molar-refractivity contribution >= 4 is 21.8 Å². The average Bonchev–Trinajstić information content (AvgIpc) is 3.66. The summed E-state index contributed by atoms with van der Waals surface area (Å²) >= 11 is 0. The van der Waals surface area contributed by atoms with Crippen LogP contribution in [-0.4, -0.2) is 40.8 Å². The molecule has 0 spiro atoms. The number of aryl methyl sites for hydroxylation is 1. The lowest BCUT2D eigenvalue weighted by Gasteiger charge is -2.23. The van der Waals surface area contributed by atoms with Crippen LogP contribution in [0.15, 0.2) is 67.6 Å². The largest absolute Gasteiger partial charge is 0.489 e. The number of fused-ring (bicyclic) bond motifs is 2. The molecule has 0 atom stereocenters. The molecule has 0 saturated heterocycles. The predicted octanol–water partition coefficient (Wildman–Crippen LogP) is 6.37. The normalized spacial score (nSPS) is 14.5. The number of nitrogens with one attached hydrogen (secondary N) is 2. The highest BCUT2D eigenvalue weighted by molar-refractivity contribution is 5.99.